The number of nitrogens with zero attached hydrogens (tertiary/aromatic N) is 1. The van der Waals surface area contributed by atoms with E-state index in [1.807, 2.05) is 0 Å². The molecule has 0 bridgehead atoms. The Morgan fingerprint density at radius 2 is 2.20 bits per heavy atom. The molecule has 10 heavy (non-hydrogen) atoms. The largest absolute Gasteiger partial charge is 0.306 e. The van der Waals surface area contributed by atoms with Gasteiger partial charge in [-0.2, -0.15) is 0 Å². The Bertz CT molecular complexity index is 105. The summed E-state index contributed by atoms with van der Waals surface area (Å²) in [5.74, 6) is 0.661. The normalized spacial score (nSPS) is 37.5. The second kappa shape index (κ2) is 3.59. The summed E-state index contributed by atoms with van der Waals surface area (Å²) in [5.41, 5.74) is 0. The highest BCUT2D eigenvalue weighted by atomic mass is 35.5. The zero-order chi connectivity index (χ0) is 7.56. The van der Waals surface area contributed by atoms with E-state index in [1.54, 1.807) is 0 Å². The molecule has 0 aromatic carbocycles. The summed E-state index contributed by atoms with van der Waals surface area (Å²) >= 11 is 6.11. The summed E-state index contributed by atoms with van der Waals surface area (Å²) < 4.78 is 0. The monoisotopic (exact) mass is 161 g/mol. The lowest BCUT2D eigenvalue weighted by atomic mass is 10.1. The minimum absolute atomic E-state index is 0.407. The van der Waals surface area contributed by atoms with Crippen molar-refractivity contribution < 1.29 is 0 Å². The van der Waals surface area contributed by atoms with Gasteiger partial charge in [0.25, 0.3) is 0 Å². The average molecular weight is 162 g/mol. The van der Waals surface area contributed by atoms with Crippen LogP contribution in [0, 0.1) is 5.92 Å². The van der Waals surface area contributed by atoms with Gasteiger partial charge in [-0.15, -0.1) is 11.6 Å². The molecule has 0 aromatic rings. The maximum Gasteiger partial charge on any atom is 0.0374 e. The van der Waals surface area contributed by atoms with E-state index in [-0.39, 0.29) is 0 Å². The highest BCUT2D eigenvalue weighted by molar-refractivity contribution is 6.20. The van der Waals surface area contributed by atoms with E-state index in [0.717, 1.165) is 6.54 Å². The molecule has 0 spiro atoms. The predicted molar refractivity (Wildman–Crippen MR) is 45.5 cm³/mol. The molecule has 0 radical (unpaired) electrons. The molecule has 0 aromatic heterocycles. The van der Waals surface area contributed by atoms with Crippen LogP contribution in [0.4, 0.5) is 0 Å². The summed E-state index contributed by atoms with van der Waals surface area (Å²) in [7, 11) is 2.17. The number of hydrogen-bond donors (Lipinski definition) is 0. The van der Waals surface area contributed by atoms with Crippen molar-refractivity contribution >= 4 is 11.6 Å². The Morgan fingerprint density at radius 1 is 1.50 bits per heavy atom. The van der Waals surface area contributed by atoms with Crippen LogP contribution < -0.4 is 0 Å². The number of halogens is 1. The van der Waals surface area contributed by atoms with Crippen LogP contribution in [0.5, 0.6) is 0 Å². The van der Waals surface area contributed by atoms with Crippen LogP contribution in [-0.4, -0.2) is 30.4 Å². The van der Waals surface area contributed by atoms with Gasteiger partial charge in [-0.05, 0) is 32.4 Å². The van der Waals surface area contributed by atoms with E-state index in [0.29, 0.717) is 11.3 Å². The molecule has 0 saturated carbocycles. The van der Waals surface area contributed by atoms with Crippen molar-refractivity contribution in [2.45, 2.75) is 25.1 Å². The van der Waals surface area contributed by atoms with Crippen LogP contribution in [0.15, 0.2) is 0 Å². The van der Waals surface area contributed by atoms with Gasteiger partial charge in [-0.3, -0.25) is 0 Å². The van der Waals surface area contributed by atoms with Gasteiger partial charge in [0.1, 0.15) is 0 Å². The molecule has 2 heteroatoms. The Morgan fingerprint density at radius 3 is 2.90 bits per heavy atom. The van der Waals surface area contributed by atoms with Gasteiger partial charge >= 0.3 is 0 Å². The molecule has 0 N–H and O–H groups in total. The Balaban J connectivity index is 2.41. The lowest BCUT2D eigenvalue weighted by Crippen LogP contribution is -2.25. The molecule has 1 aliphatic heterocycles. The topological polar surface area (TPSA) is 3.24 Å². The summed E-state index contributed by atoms with van der Waals surface area (Å²) in [5, 5.41) is 0.407. The molecule has 1 saturated heterocycles. The van der Waals surface area contributed by atoms with Crippen molar-refractivity contribution in [1.29, 1.82) is 0 Å². The Hall–Kier alpha value is 0.250. The first-order valence-electron chi connectivity index (χ1n) is 4.03. The van der Waals surface area contributed by atoms with E-state index in [4.69, 9.17) is 11.6 Å². The molecule has 1 heterocycles. The second-order valence-electron chi connectivity index (χ2n) is 3.40. The van der Waals surface area contributed by atoms with E-state index >= 15 is 0 Å². The standard InChI is InChI=1S/C8H16ClN/c1-7-6-10(2)5-3-4-8(7)9/h7-8H,3-6H2,1-2H3. The SMILES string of the molecule is CC1CN(C)CCCC1Cl. The van der Waals surface area contributed by atoms with E-state index < -0.39 is 0 Å². The van der Waals surface area contributed by atoms with Gasteiger partial charge in [-0.25, -0.2) is 0 Å². The fourth-order valence-electron chi connectivity index (χ4n) is 1.54. The molecular weight excluding hydrogens is 146 g/mol. The van der Waals surface area contributed by atoms with Crippen molar-refractivity contribution in [3.63, 3.8) is 0 Å². The molecule has 0 amide bonds. The van der Waals surface area contributed by atoms with Gasteiger partial charge in [0.05, 0.1) is 0 Å². The quantitative estimate of drug-likeness (QED) is 0.491. The summed E-state index contributed by atoms with van der Waals surface area (Å²) in [6.45, 7) is 4.61. The Labute approximate surface area is 68.4 Å². The van der Waals surface area contributed by atoms with Gasteiger partial charge in [0.15, 0.2) is 0 Å². The molecular formula is C8H16ClN. The first-order valence-corrected chi connectivity index (χ1v) is 4.46. The van der Waals surface area contributed by atoms with Crippen molar-refractivity contribution in [1.82, 2.24) is 4.90 Å². The third kappa shape index (κ3) is 2.14. The third-order valence-electron chi connectivity index (χ3n) is 2.24. The minimum Gasteiger partial charge on any atom is -0.306 e. The predicted octanol–water partition coefficient (Wildman–Crippen LogP) is 1.96. The number of rotatable bonds is 0. The van der Waals surface area contributed by atoms with Crippen molar-refractivity contribution in [2.75, 3.05) is 20.1 Å². The molecule has 2 unspecified atom stereocenters. The third-order valence-corrected chi connectivity index (χ3v) is 2.89. The minimum atomic E-state index is 0.407. The smallest absolute Gasteiger partial charge is 0.0374 e. The first-order chi connectivity index (χ1) is 4.70. The maximum atomic E-state index is 6.11. The van der Waals surface area contributed by atoms with Crippen LogP contribution in [0.1, 0.15) is 19.8 Å². The maximum absolute atomic E-state index is 6.11. The van der Waals surface area contributed by atoms with E-state index in [9.17, 15) is 0 Å². The lowest BCUT2D eigenvalue weighted by Gasteiger charge is -2.18. The number of hydrogen-bond acceptors (Lipinski definition) is 1. The highest BCUT2D eigenvalue weighted by Crippen LogP contribution is 2.20. The van der Waals surface area contributed by atoms with Crippen LogP contribution >= 0.6 is 11.6 Å². The molecule has 1 fully saturated rings. The molecule has 1 aliphatic rings. The number of likely N-dealkylation sites (tertiary alicyclic amines) is 1. The highest BCUT2D eigenvalue weighted by Gasteiger charge is 2.19. The number of alkyl halides is 1. The van der Waals surface area contributed by atoms with Crippen LogP contribution in [0.3, 0.4) is 0 Å². The molecule has 60 valence electrons. The summed E-state index contributed by atoms with van der Waals surface area (Å²) in [6.07, 6.45) is 2.45. The van der Waals surface area contributed by atoms with Crippen molar-refractivity contribution in [2.24, 2.45) is 5.92 Å². The van der Waals surface area contributed by atoms with Gasteiger partial charge in [-0.1, -0.05) is 6.92 Å². The van der Waals surface area contributed by atoms with Crippen molar-refractivity contribution in [3.05, 3.63) is 0 Å². The molecule has 1 nitrogen and oxygen atoms in total. The zero-order valence-electron chi connectivity index (χ0n) is 6.81. The summed E-state index contributed by atoms with van der Waals surface area (Å²) in [6, 6.07) is 0. The Kier molecular flexibility index (Phi) is 2.99. The molecule has 0 aliphatic carbocycles. The van der Waals surface area contributed by atoms with Crippen LogP contribution in [0.25, 0.3) is 0 Å². The van der Waals surface area contributed by atoms with Crippen molar-refractivity contribution in [3.8, 4) is 0 Å². The fourth-order valence-corrected chi connectivity index (χ4v) is 1.77. The van der Waals surface area contributed by atoms with Crippen LogP contribution in [0.2, 0.25) is 0 Å². The summed E-state index contributed by atoms with van der Waals surface area (Å²) in [4.78, 5) is 2.37. The van der Waals surface area contributed by atoms with Crippen LogP contribution in [-0.2, 0) is 0 Å². The fraction of sp³-hybridized carbons (Fsp3) is 1.00. The van der Waals surface area contributed by atoms with E-state index in [1.165, 1.54) is 19.4 Å². The second-order valence-corrected chi connectivity index (χ2v) is 3.96. The van der Waals surface area contributed by atoms with Gasteiger partial charge < -0.3 is 4.90 Å². The van der Waals surface area contributed by atoms with Gasteiger partial charge in [0, 0.05) is 11.9 Å². The molecule has 2 atom stereocenters. The lowest BCUT2D eigenvalue weighted by molar-refractivity contribution is 0.311. The zero-order valence-corrected chi connectivity index (χ0v) is 7.56. The average Bonchev–Trinajstić information content (AvgIpc) is 1.96. The van der Waals surface area contributed by atoms with E-state index in [2.05, 4.69) is 18.9 Å². The molecule has 1 rings (SSSR count). The first kappa shape index (κ1) is 8.35. The van der Waals surface area contributed by atoms with Gasteiger partial charge in [0.2, 0.25) is 0 Å².